The van der Waals surface area contributed by atoms with Crippen molar-refractivity contribution in [2.75, 3.05) is 19.5 Å². The van der Waals surface area contributed by atoms with Crippen LogP contribution in [0.2, 0.25) is 0 Å². The molecule has 0 spiro atoms. The monoisotopic (exact) mass is 226 g/mol. The Labute approximate surface area is 74.0 Å². The first-order valence-corrected chi connectivity index (χ1v) is 3.88. The molecular weight excluding hydrogens is 216 g/mol. The average molecular weight is 227 g/mol. The summed E-state index contributed by atoms with van der Waals surface area (Å²) in [6.07, 6.45) is 0. The molecule has 66 valence electrons. The molecule has 0 aromatic rings. The van der Waals surface area contributed by atoms with E-state index in [4.69, 9.17) is 0 Å². The standard InChI is InChI=1S/C3H5BrO2.C3H6O2/c1-6-3(5)2-4;1-3(4)5-2/h2H2,1H3;1-2H3. The quantitative estimate of drug-likeness (QED) is 0.489. The minimum atomic E-state index is -0.245. The Morgan fingerprint density at radius 1 is 1.27 bits per heavy atom. The molecule has 5 heteroatoms. The third-order valence-electron chi connectivity index (χ3n) is 0.624. The predicted molar refractivity (Wildman–Crippen MR) is 43.5 cm³/mol. The van der Waals surface area contributed by atoms with Gasteiger partial charge in [0, 0.05) is 6.92 Å². The maximum atomic E-state index is 9.91. The number of methoxy groups -OCH3 is 2. The van der Waals surface area contributed by atoms with E-state index in [2.05, 4.69) is 25.4 Å². The van der Waals surface area contributed by atoms with Crippen LogP contribution in [0.5, 0.6) is 0 Å². The van der Waals surface area contributed by atoms with Gasteiger partial charge in [0.1, 0.15) is 5.33 Å². The van der Waals surface area contributed by atoms with Gasteiger partial charge < -0.3 is 9.47 Å². The minimum Gasteiger partial charge on any atom is -0.469 e. The van der Waals surface area contributed by atoms with Crippen LogP contribution < -0.4 is 0 Å². The maximum Gasteiger partial charge on any atom is 0.316 e. The molecule has 0 amide bonds. The molecule has 0 fully saturated rings. The highest BCUT2D eigenvalue weighted by Gasteiger charge is 1.89. The Bertz CT molecular complexity index is 118. The number of rotatable bonds is 1. The fourth-order valence-corrected chi connectivity index (χ4v) is 0.283. The normalized spacial score (nSPS) is 7.27. The molecule has 0 heterocycles. The first-order chi connectivity index (χ1) is 5.08. The van der Waals surface area contributed by atoms with Crippen LogP contribution in [0.25, 0.3) is 0 Å². The molecule has 0 bridgehead atoms. The van der Waals surface area contributed by atoms with Gasteiger partial charge in [0.2, 0.25) is 0 Å². The minimum absolute atomic E-state index is 0.241. The summed E-state index contributed by atoms with van der Waals surface area (Å²) in [5, 5.41) is 0.281. The van der Waals surface area contributed by atoms with Crippen molar-refractivity contribution >= 4 is 27.9 Å². The topological polar surface area (TPSA) is 52.6 Å². The Balaban J connectivity index is 0. The van der Waals surface area contributed by atoms with Crippen molar-refractivity contribution in [1.29, 1.82) is 0 Å². The van der Waals surface area contributed by atoms with Crippen LogP contribution in [0.4, 0.5) is 0 Å². The van der Waals surface area contributed by atoms with Gasteiger partial charge in [-0.15, -0.1) is 0 Å². The number of halogens is 1. The van der Waals surface area contributed by atoms with Crippen LogP contribution in [0.15, 0.2) is 0 Å². The summed E-state index contributed by atoms with van der Waals surface area (Å²) in [5.74, 6) is -0.486. The first-order valence-electron chi connectivity index (χ1n) is 2.75. The molecular formula is C6H11BrO4. The lowest BCUT2D eigenvalue weighted by Gasteiger charge is -1.86. The molecule has 0 N–H and O–H groups in total. The second kappa shape index (κ2) is 9.42. The van der Waals surface area contributed by atoms with Gasteiger partial charge >= 0.3 is 11.9 Å². The summed E-state index contributed by atoms with van der Waals surface area (Å²) in [7, 11) is 2.70. The number of esters is 2. The van der Waals surface area contributed by atoms with Crippen LogP contribution in [0.1, 0.15) is 6.92 Å². The van der Waals surface area contributed by atoms with Crippen molar-refractivity contribution in [1.82, 2.24) is 0 Å². The first kappa shape index (κ1) is 13.0. The van der Waals surface area contributed by atoms with Crippen LogP contribution in [-0.2, 0) is 19.1 Å². The van der Waals surface area contributed by atoms with Gasteiger partial charge in [0.05, 0.1) is 14.2 Å². The molecule has 0 aromatic carbocycles. The number of alkyl halides is 1. The summed E-state index contributed by atoms with van der Waals surface area (Å²) in [4.78, 5) is 19.5. The largest absolute Gasteiger partial charge is 0.469 e. The van der Waals surface area contributed by atoms with Crippen molar-refractivity contribution < 1.29 is 19.1 Å². The lowest BCUT2D eigenvalue weighted by Crippen LogP contribution is -1.99. The van der Waals surface area contributed by atoms with Crippen LogP contribution in [0.3, 0.4) is 0 Å². The number of carbonyl (C=O) groups is 2. The second-order valence-corrected chi connectivity index (χ2v) is 1.97. The van der Waals surface area contributed by atoms with E-state index in [9.17, 15) is 9.59 Å². The number of carbonyl (C=O) groups excluding carboxylic acids is 2. The van der Waals surface area contributed by atoms with Gasteiger partial charge in [-0.3, -0.25) is 9.59 Å². The number of hydrogen-bond donors (Lipinski definition) is 0. The van der Waals surface area contributed by atoms with Crippen molar-refractivity contribution in [3.8, 4) is 0 Å². The highest BCUT2D eigenvalue weighted by molar-refractivity contribution is 9.09. The lowest BCUT2D eigenvalue weighted by atomic mass is 10.8. The molecule has 0 aliphatic rings. The Morgan fingerprint density at radius 2 is 1.64 bits per heavy atom. The molecule has 0 unspecified atom stereocenters. The van der Waals surface area contributed by atoms with Crippen LogP contribution in [-0.4, -0.2) is 31.5 Å². The van der Waals surface area contributed by atoms with E-state index in [0.717, 1.165) is 0 Å². The summed E-state index contributed by atoms with van der Waals surface area (Å²) >= 11 is 2.90. The van der Waals surface area contributed by atoms with E-state index in [0.29, 0.717) is 0 Å². The van der Waals surface area contributed by atoms with E-state index in [1.165, 1.54) is 21.1 Å². The van der Waals surface area contributed by atoms with Crippen molar-refractivity contribution in [3.63, 3.8) is 0 Å². The van der Waals surface area contributed by atoms with E-state index in [1.54, 1.807) is 0 Å². The fraction of sp³-hybridized carbons (Fsp3) is 0.667. The van der Waals surface area contributed by atoms with Gasteiger partial charge in [-0.2, -0.15) is 0 Å². The Kier molecular flexibility index (Phi) is 11.2. The molecule has 0 aromatic heterocycles. The Hall–Kier alpha value is -0.580. The molecule has 0 aliphatic heterocycles. The summed E-state index contributed by atoms with van der Waals surface area (Å²) in [6, 6.07) is 0. The van der Waals surface area contributed by atoms with E-state index < -0.39 is 0 Å². The molecule has 0 rings (SSSR count). The van der Waals surface area contributed by atoms with E-state index >= 15 is 0 Å². The molecule has 0 aliphatic carbocycles. The fourth-order valence-electron chi connectivity index (χ4n) is 0.0546. The van der Waals surface area contributed by atoms with E-state index in [-0.39, 0.29) is 17.3 Å². The summed E-state index contributed by atoms with van der Waals surface area (Å²) in [6.45, 7) is 1.36. The molecule has 4 nitrogen and oxygen atoms in total. The molecule has 0 radical (unpaired) electrons. The van der Waals surface area contributed by atoms with Gasteiger partial charge in [-0.25, -0.2) is 0 Å². The van der Waals surface area contributed by atoms with Crippen molar-refractivity contribution in [2.45, 2.75) is 6.92 Å². The van der Waals surface area contributed by atoms with E-state index in [1.807, 2.05) is 0 Å². The average Bonchev–Trinajstić information content (AvgIpc) is 2.04. The zero-order valence-electron chi connectivity index (χ0n) is 6.72. The van der Waals surface area contributed by atoms with Gasteiger partial charge in [0.25, 0.3) is 0 Å². The van der Waals surface area contributed by atoms with Crippen molar-refractivity contribution in [3.05, 3.63) is 0 Å². The third-order valence-corrected chi connectivity index (χ3v) is 1.08. The molecule has 0 saturated carbocycles. The Morgan fingerprint density at radius 3 is 1.64 bits per heavy atom. The predicted octanol–water partition coefficient (Wildman–Crippen LogP) is 0.734. The molecule has 11 heavy (non-hydrogen) atoms. The highest BCUT2D eigenvalue weighted by Crippen LogP contribution is 1.79. The van der Waals surface area contributed by atoms with Gasteiger partial charge in [-0.1, -0.05) is 15.9 Å². The van der Waals surface area contributed by atoms with Gasteiger partial charge in [0.15, 0.2) is 0 Å². The smallest absolute Gasteiger partial charge is 0.316 e. The summed E-state index contributed by atoms with van der Waals surface area (Å²) < 4.78 is 8.32. The maximum absolute atomic E-state index is 9.91. The third kappa shape index (κ3) is 17.7. The number of ether oxygens (including phenoxy) is 2. The van der Waals surface area contributed by atoms with Gasteiger partial charge in [-0.05, 0) is 0 Å². The molecule has 0 atom stereocenters. The SMILES string of the molecule is COC(=O)CBr.COC(C)=O. The van der Waals surface area contributed by atoms with Crippen molar-refractivity contribution in [2.24, 2.45) is 0 Å². The lowest BCUT2D eigenvalue weighted by molar-refractivity contribution is -0.138. The zero-order valence-corrected chi connectivity index (χ0v) is 8.30. The second-order valence-electron chi connectivity index (χ2n) is 1.41. The summed E-state index contributed by atoms with van der Waals surface area (Å²) in [5.41, 5.74) is 0. The highest BCUT2D eigenvalue weighted by atomic mass is 79.9. The zero-order chi connectivity index (χ0) is 9.28. The number of hydrogen-bond acceptors (Lipinski definition) is 4. The van der Waals surface area contributed by atoms with Crippen LogP contribution >= 0.6 is 15.9 Å². The van der Waals surface area contributed by atoms with Crippen LogP contribution in [0, 0.1) is 0 Å². The molecule has 0 saturated heterocycles.